The Morgan fingerprint density at radius 1 is 1.19 bits per heavy atom. The number of thioether (sulfide) groups is 2. The number of anilines is 3. The number of nitrogens with two attached hydrogens (primary N) is 3. The molecule has 0 spiro atoms. The number of nitrogens with one attached hydrogen (secondary N) is 1. The van der Waals surface area contributed by atoms with Gasteiger partial charge in [0.15, 0.2) is 22.3 Å². The summed E-state index contributed by atoms with van der Waals surface area (Å²) < 4.78 is 1.59. The molecule has 2 aliphatic rings. The zero-order valence-corrected chi connectivity index (χ0v) is 26.5. The molecule has 0 radical (unpaired) electrons. The molecule has 3 atom stereocenters. The SMILES string of the molecule is C[n+]1c(N)cc(N)nc1SCC1=C(C(=O)O)N2C(=O)C(NC(=O)/C(=N\OC(C(=O)O)c3ccc(O)c(O)c3)c3csc(N)n3)C2SC1. The predicted molar refractivity (Wildman–Crippen MR) is 169 cm³/mol. The summed E-state index contributed by atoms with van der Waals surface area (Å²) in [6, 6.07) is 3.49. The van der Waals surface area contributed by atoms with Crippen LogP contribution < -0.4 is 27.1 Å². The smallest absolute Gasteiger partial charge is 0.352 e. The first-order valence-electron chi connectivity index (χ1n) is 13.2. The van der Waals surface area contributed by atoms with Crippen molar-refractivity contribution in [3.8, 4) is 11.5 Å². The van der Waals surface area contributed by atoms with E-state index in [1.165, 1.54) is 41.0 Å². The molecule has 2 aliphatic heterocycles. The Morgan fingerprint density at radius 2 is 1.94 bits per heavy atom. The molecule has 2 aromatic heterocycles. The maximum Gasteiger partial charge on any atom is 0.352 e. The molecule has 1 fully saturated rings. The summed E-state index contributed by atoms with van der Waals surface area (Å²) in [6.45, 7) is 0. The summed E-state index contributed by atoms with van der Waals surface area (Å²) in [5, 5.41) is 46.4. The fourth-order valence-electron chi connectivity index (χ4n) is 4.52. The van der Waals surface area contributed by atoms with Crippen molar-refractivity contribution in [1.82, 2.24) is 20.2 Å². The number of rotatable bonds is 11. The molecule has 1 saturated heterocycles. The lowest BCUT2D eigenvalue weighted by molar-refractivity contribution is -0.698. The number of thiazole rings is 1. The molecule has 246 valence electrons. The third-order valence-corrected chi connectivity index (χ3v) is 9.99. The minimum atomic E-state index is -1.82. The molecular formula is C26H26N9O9S3+. The van der Waals surface area contributed by atoms with E-state index < -0.39 is 58.5 Å². The Labute approximate surface area is 276 Å². The quantitative estimate of drug-likeness (QED) is 0.0239. The highest BCUT2D eigenvalue weighted by Gasteiger charge is 2.54. The average Bonchev–Trinajstić information content (AvgIpc) is 3.45. The van der Waals surface area contributed by atoms with E-state index in [4.69, 9.17) is 22.0 Å². The summed E-state index contributed by atoms with van der Waals surface area (Å²) in [5.74, 6) is -4.73. The van der Waals surface area contributed by atoms with Crippen molar-refractivity contribution in [2.45, 2.75) is 22.7 Å². The van der Waals surface area contributed by atoms with Crippen molar-refractivity contribution in [2.75, 3.05) is 28.7 Å². The van der Waals surface area contributed by atoms with Gasteiger partial charge in [-0.3, -0.25) is 14.5 Å². The van der Waals surface area contributed by atoms with Crippen molar-refractivity contribution in [3.63, 3.8) is 0 Å². The van der Waals surface area contributed by atoms with Gasteiger partial charge < -0.3 is 47.8 Å². The lowest BCUT2D eigenvalue weighted by Gasteiger charge is -2.49. The van der Waals surface area contributed by atoms with Crippen LogP contribution in [0.15, 0.2) is 51.2 Å². The third-order valence-electron chi connectivity index (χ3n) is 6.86. The van der Waals surface area contributed by atoms with E-state index >= 15 is 0 Å². The van der Waals surface area contributed by atoms with Gasteiger partial charge >= 0.3 is 17.1 Å². The first-order chi connectivity index (χ1) is 22.3. The van der Waals surface area contributed by atoms with Crippen LogP contribution >= 0.6 is 34.9 Å². The number of carboxylic acid groups (broad SMARTS) is 2. The monoisotopic (exact) mass is 704 g/mol. The van der Waals surface area contributed by atoms with Crippen LogP contribution in [-0.4, -0.2) is 87.7 Å². The third kappa shape index (κ3) is 6.66. The number of carboxylic acids is 2. The number of benzene rings is 1. The van der Waals surface area contributed by atoms with Crippen LogP contribution in [0.1, 0.15) is 17.4 Å². The molecule has 4 heterocycles. The summed E-state index contributed by atoms with van der Waals surface area (Å²) in [7, 11) is 1.68. The van der Waals surface area contributed by atoms with Crippen LogP contribution in [0.25, 0.3) is 0 Å². The molecular weight excluding hydrogens is 679 g/mol. The normalized spacial score (nSPS) is 18.3. The Kier molecular flexibility index (Phi) is 9.31. The Balaban J connectivity index is 1.36. The standard InChI is InChI=1S/C26H25N9O9S3/c1-34-15(28)5-14(27)31-26(34)47-7-10-6-45-22-17(21(39)35(22)18(10)23(40)41)32-20(38)16(11-8-46-25(29)30-11)33-44-19(24(42)43)9-2-3-12(36)13(37)4-9/h2-5,8,17,19,22H,6-7H2,1H3,(H10,27,28,29,30,32,33,36,37,38,40,41,42,43)/p+1. The van der Waals surface area contributed by atoms with Crippen LogP contribution in [0.3, 0.4) is 0 Å². The van der Waals surface area contributed by atoms with Gasteiger partial charge in [0.05, 0.1) is 13.1 Å². The van der Waals surface area contributed by atoms with Gasteiger partial charge in [-0.1, -0.05) is 16.2 Å². The van der Waals surface area contributed by atoms with E-state index in [1.807, 2.05) is 0 Å². The van der Waals surface area contributed by atoms with E-state index in [1.54, 1.807) is 11.6 Å². The molecule has 1 aromatic carbocycles. The molecule has 0 bridgehead atoms. The lowest BCUT2D eigenvalue weighted by Crippen LogP contribution is -2.71. The zero-order chi connectivity index (χ0) is 34.2. The second kappa shape index (κ2) is 13.2. The molecule has 11 N–H and O–H groups in total. The number of hydrogen-bond donors (Lipinski definition) is 8. The number of aromatic hydroxyl groups is 2. The fourth-order valence-corrected chi connectivity index (χ4v) is 7.55. The number of phenols is 2. The molecule has 21 heteroatoms. The number of oxime groups is 1. The second-order valence-electron chi connectivity index (χ2n) is 9.94. The first-order valence-corrected chi connectivity index (χ1v) is 16.1. The molecule has 0 saturated carbocycles. The Hall–Kier alpha value is -5.28. The Bertz CT molecular complexity index is 1870. The highest BCUT2D eigenvalue weighted by atomic mass is 32.2. The van der Waals surface area contributed by atoms with Crippen LogP contribution in [-0.2, 0) is 31.1 Å². The molecule has 47 heavy (non-hydrogen) atoms. The number of aliphatic carboxylic acids is 2. The van der Waals surface area contributed by atoms with Gasteiger partial charge in [-0.25, -0.2) is 19.1 Å². The van der Waals surface area contributed by atoms with E-state index in [9.17, 15) is 39.6 Å². The molecule has 3 unspecified atom stereocenters. The summed E-state index contributed by atoms with van der Waals surface area (Å²) in [6.07, 6.45) is -1.82. The summed E-state index contributed by atoms with van der Waals surface area (Å²) in [4.78, 5) is 65.5. The number of amides is 2. The van der Waals surface area contributed by atoms with Crippen LogP contribution in [0.5, 0.6) is 11.5 Å². The zero-order valence-electron chi connectivity index (χ0n) is 24.1. The fraction of sp³-hybridized carbons (Fsp3) is 0.231. The van der Waals surface area contributed by atoms with E-state index in [-0.39, 0.29) is 39.4 Å². The minimum absolute atomic E-state index is 0.0544. The number of fused-ring (bicyclic) bond motifs is 1. The van der Waals surface area contributed by atoms with Crippen LogP contribution in [0.4, 0.5) is 16.8 Å². The number of hydrogen-bond acceptors (Lipinski definition) is 16. The molecule has 2 amide bonds. The lowest BCUT2D eigenvalue weighted by atomic mass is 10.0. The van der Waals surface area contributed by atoms with Crippen LogP contribution in [0.2, 0.25) is 0 Å². The van der Waals surface area contributed by atoms with Gasteiger partial charge in [-0.2, -0.15) is 0 Å². The van der Waals surface area contributed by atoms with E-state index in [2.05, 4.69) is 20.4 Å². The second-order valence-corrected chi connectivity index (χ2v) is 12.9. The number of carbonyl (C=O) groups is 4. The minimum Gasteiger partial charge on any atom is -0.504 e. The van der Waals surface area contributed by atoms with E-state index in [0.29, 0.717) is 16.5 Å². The van der Waals surface area contributed by atoms with Crippen molar-refractivity contribution in [1.29, 1.82) is 0 Å². The molecule has 0 aliphatic carbocycles. The van der Waals surface area contributed by atoms with Crippen molar-refractivity contribution in [3.05, 3.63) is 52.2 Å². The van der Waals surface area contributed by atoms with Gasteiger partial charge in [-0.05, 0) is 29.5 Å². The number of nitrogens with zero attached hydrogens (tertiary/aromatic N) is 5. The van der Waals surface area contributed by atoms with E-state index in [0.717, 1.165) is 28.4 Å². The highest BCUT2D eigenvalue weighted by molar-refractivity contribution is 8.01. The largest absolute Gasteiger partial charge is 0.504 e. The number of nitrogen functional groups attached to an aromatic ring is 3. The van der Waals surface area contributed by atoms with Crippen molar-refractivity contribution in [2.24, 2.45) is 12.2 Å². The topological polar surface area (TPSA) is 294 Å². The summed E-state index contributed by atoms with van der Waals surface area (Å²) >= 11 is 3.38. The van der Waals surface area contributed by atoms with Gasteiger partial charge in [0.2, 0.25) is 17.7 Å². The number of phenolic OH excluding ortho intramolecular Hbond substituents is 2. The highest BCUT2D eigenvalue weighted by Crippen LogP contribution is 2.41. The van der Waals surface area contributed by atoms with Crippen molar-refractivity contribution >= 4 is 81.1 Å². The van der Waals surface area contributed by atoms with Gasteiger partial charge in [0.25, 0.3) is 11.8 Å². The maximum absolute atomic E-state index is 13.5. The molecule has 5 rings (SSSR count). The molecule has 3 aromatic rings. The van der Waals surface area contributed by atoms with Crippen molar-refractivity contribution < 1.29 is 49.0 Å². The average molecular weight is 705 g/mol. The van der Waals surface area contributed by atoms with Crippen LogP contribution in [0, 0.1) is 0 Å². The summed E-state index contributed by atoms with van der Waals surface area (Å²) in [5.41, 5.74) is 17.0. The number of β-lactam (4-membered cyclic amide) rings is 1. The predicted octanol–water partition coefficient (Wildman–Crippen LogP) is -0.402. The first kappa shape index (κ1) is 33.1. The number of aromatic nitrogens is 3. The van der Waals surface area contributed by atoms with Gasteiger partial charge in [0.1, 0.15) is 22.8 Å². The Morgan fingerprint density at radius 3 is 2.57 bits per heavy atom. The molecule has 18 nitrogen and oxygen atoms in total. The van der Waals surface area contributed by atoms with Gasteiger partial charge in [-0.15, -0.1) is 23.1 Å². The number of carbonyl (C=O) groups excluding carboxylic acids is 2. The van der Waals surface area contributed by atoms with Gasteiger partial charge in [0, 0.05) is 22.4 Å². The maximum atomic E-state index is 13.5.